The van der Waals surface area contributed by atoms with Gasteiger partial charge in [-0.2, -0.15) is 0 Å². The standard InChI is InChI=1S/C20H23N3O2/c1-13-12-14(2)23-10-8-15(18(23)21-13)19(24)22-20(3)9-11-25-17-7-5-4-6-16(17)20/h4-8,10,12,19,22,24H,9,11H2,1-3H3. The summed E-state index contributed by atoms with van der Waals surface area (Å²) in [5.74, 6) is 0.877. The molecule has 5 nitrogen and oxygen atoms in total. The number of ether oxygens (including phenoxy) is 1. The third kappa shape index (κ3) is 2.69. The van der Waals surface area contributed by atoms with Crippen LogP contribution in [0.1, 0.15) is 42.1 Å². The number of aromatic nitrogens is 2. The number of aliphatic hydroxyl groups is 1. The quantitative estimate of drug-likeness (QED) is 0.721. The Labute approximate surface area is 147 Å². The Morgan fingerprint density at radius 3 is 2.92 bits per heavy atom. The summed E-state index contributed by atoms with van der Waals surface area (Å²) in [6, 6.07) is 12.0. The van der Waals surface area contributed by atoms with Gasteiger partial charge in [0.05, 0.1) is 6.61 Å². The highest BCUT2D eigenvalue weighted by Crippen LogP contribution is 2.38. The van der Waals surface area contributed by atoms with E-state index in [0.717, 1.165) is 40.3 Å². The van der Waals surface area contributed by atoms with Crippen LogP contribution >= 0.6 is 0 Å². The lowest BCUT2D eigenvalue weighted by atomic mass is 9.86. The fraction of sp³-hybridized carbons (Fsp3) is 0.350. The summed E-state index contributed by atoms with van der Waals surface area (Å²) in [5, 5.41) is 14.3. The van der Waals surface area contributed by atoms with Crippen molar-refractivity contribution in [1.29, 1.82) is 0 Å². The molecule has 0 aliphatic carbocycles. The average Bonchev–Trinajstić information content (AvgIpc) is 2.99. The Balaban J connectivity index is 1.70. The Bertz CT molecular complexity index is 934. The second-order valence-electron chi connectivity index (χ2n) is 6.98. The van der Waals surface area contributed by atoms with Crippen molar-refractivity contribution in [2.24, 2.45) is 0 Å². The summed E-state index contributed by atoms with van der Waals surface area (Å²) in [6.45, 7) is 6.75. The number of aryl methyl sites for hydroxylation is 2. The molecule has 3 aromatic rings. The predicted octanol–water partition coefficient (Wildman–Crippen LogP) is 3.23. The molecular formula is C20H23N3O2. The SMILES string of the molecule is Cc1cc(C)n2ccc(C(O)NC3(C)CCOc4ccccc43)c2n1. The van der Waals surface area contributed by atoms with Gasteiger partial charge in [0.1, 0.15) is 17.6 Å². The lowest BCUT2D eigenvalue weighted by Gasteiger charge is -2.38. The van der Waals surface area contributed by atoms with Crippen LogP contribution in [0.5, 0.6) is 5.75 Å². The third-order valence-electron chi connectivity index (χ3n) is 5.06. The van der Waals surface area contributed by atoms with Gasteiger partial charge in [-0.15, -0.1) is 0 Å². The minimum atomic E-state index is -0.810. The van der Waals surface area contributed by atoms with Gasteiger partial charge in [-0.3, -0.25) is 5.32 Å². The number of para-hydroxylation sites is 1. The molecule has 2 unspecified atom stereocenters. The molecule has 2 atom stereocenters. The second-order valence-corrected chi connectivity index (χ2v) is 6.98. The number of rotatable bonds is 3. The first-order valence-electron chi connectivity index (χ1n) is 8.61. The van der Waals surface area contributed by atoms with Gasteiger partial charge in [-0.1, -0.05) is 18.2 Å². The molecule has 1 aliphatic heterocycles. The maximum Gasteiger partial charge on any atom is 0.144 e. The highest BCUT2D eigenvalue weighted by Gasteiger charge is 2.35. The Morgan fingerprint density at radius 1 is 1.28 bits per heavy atom. The first-order chi connectivity index (χ1) is 12.0. The molecule has 130 valence electrons. The minimum Gasteiger partial charge on any atom is -0.493 e. The number of benzene rings is 1. The first kappa shape index (κ1) is 16.1. The number of hydrogen-bond donors (Lipinski definition) is 2. The summed E-state index contributed by atoms with van der Waals surface area (Å²) in [6.07, 6.45) is 1.94. The van der Waals surface area contributed by atoms with Crippen molar-refractivity contribution in [3.63, 3.8) is 0 Å². The fourth-order valence-corrected chi connectivity index (χ4v) is 3.70. The van der Waals surface area contributed by atoms with E-state index in [-0.39, 0.29) is 5.54 Å². The third-order valence-corrected chi connectivity index (χ3v) is 5.06. The summed E-state index contributed by atoms with van der Waals surface area (Å²) in [4.78, 5) is 4.62. The lowest BCUT2D eigenvalue weighted by molar-refractivity contribution is 0.0755. The van der Waals surface area contributed by atoms with Gasteiger partial charge >= 0.3 is 0 Å². The normalized spacial score (nSPS) is 21.0. The van der Waals surface area contributed by atoms with E-state index >= 15 is 0 Å². The molecule has 0 fully saturated rings. The van der Waals surface area contributed by atoms with E-state index in [0.29, 0.717) is 6.61 Å². The number of nitrogens with one attached hydrogen (secondary N) is 1. The molecule has 0 bridgehead atoms. The summed E-state index contributed by atoms with van der Waals surface area (Å²) in [7, 11) is 0. The summed E-state index contributed by atoms with van der Waals surface area (Å²) >= 11 is 0. The van der Waals surface area contributed by atoms with Crippen LogP contribution in [0.15, 0.2) is 42.6 Å². The Kier molecular flexibility index (Phi) is 3.78. The van der Waals surface area contributed by atoms with Crippen molar-refractivity contribution in [2.75, 3.05) is 6.61 Å². The predicted molar refractivity (Wildman–Crippen MR) is 96.7 cm³/mol. The van der Waals surface area contributed by atoms with Crippen LogP contribution in [0.25, 0.3) is 5.65 Å². The van der Waals surface area contributed by atoms with Crippen LogP contribution in [0, 0.1) is 13.8 Å². The summed E-state index contributed by atoms with van der Waals surface area (Å²) in [5.41, 5.74) is 4.34. The molecule has 3 heterocycles. The summed E-state index contributed by atoms with van der Waals surface area (Å²) < 4.78 is 7.76. The van der Waals surface area contributed by atoms with Crippen molar-refractivity contribution in [2.45, 2.75) is 39.0 Å². The van der Waals surface area contributed by atoms with E-state index in [4.69, 9.17) is 4.74 Å². The van der Waals surface area contributed by atoms with Crippen LogP contribution in [-0.2, 0) is 5.54 Å². The van der Waals surface area contributed by atoms with Gasteiger partial charge in [0.2, 0.25) is 0 Å². The van der Waals surface area contributed by atoms with Crippen molar-refractivity contribution in [3.05, 3.63) is 65.1 Å². The van der Waals surface area contributed by atoms with E-state index in [2.05, 4.69) is 23.3 Å². The van der Waals surface area contributed by atoms with Crippen LogP contribution in [-0.4, -0.2) is 21.1 Å². The minimum absolute atomic E-state index is 0.360. The highest BCUT2D eigenvalue weighted by atomic mass is 16.5. The Hall–Kier alpha value is -2.37. The van der Waals surface area contributed by atoms with Gasteiger partial charge in [-0.05, 0) is 39.0 Å². The van der Waals surface area contributed by atoms with Crippen LogP contribution < -0.4 is 10.1 Å². The monoisotopic (exact) mass is 337 g/mol. The second kappa shape index (κ2) is 5.86. The maximum atomic E-state index is 10.9. The van der Waals surface area contributed by atoms with Crippen molar-refractivity contribution in [1.82, 2.24) is 14.7 Å². The van der Waals surface area contributed by atoms with Gasteiger partial charge < -0.3 is 14.2 Å². The largest absolute Gasteiger partial charge is 0.493 e. The van der Waals surface area contributed by atoms with Gasteiger partial charge in [-0.25, -0.2) is 4.98 Å². The molecule has 2 N–H and O–H groups in total. The van der Waals surface area contributed by atoms with Gasteiger partial charge in [0, 0.05) is 40.7 Å². The van der Waals surface area contributed by atoms with Crippen LogP contribution in [0.4, 0.5) is 0 Å². The zero-order valence-electron chi connectivity index (χ0n) is 14.8. The zero-order chi connectivity index (χ0) is 17.6. The smallest absolute Gasteiger partial charge is 0.144 e. The van der Waals surface area contributed by atoms with E-state index < -0.39 is 6.23 Å². The molecule has 2 aromatic heterocycles. The average molecular weight is 337 g/mol. The number of hydrogen-bond acceptors (Lipinski definition) is 4. The van der Waals surface area contributed by atoms with E-state index in [1.54, 1.807) is 0 Å². The van der Waals surface area contributed by atoms with E-state index in [1.807, 2.05) is 54.8 Å². The molecule has 0 saturated heterocycles. The molecule has 0 radical (unpaired) electrons. The number of fused-ring (bicyclic) bond motifs is 2. The number of aliphatic hydroxyl groups excluding tert-OH is 1. The van der Waals surface area contributed by atoms with Crippen molar-refractivity contribution < 1.29 is 9.84 Å². The highest BCUT2D eigenvalue weighted by molar-refractivity contribution is 5.52. The van der Waals surface area contributed by atoms with E-state index in [9.17, 15) is 5.11 Å². The molecule has 0 amide bonds. The molecule has 5 heteroatoms. The maximum absolute atomic E-state index is 10.9. The van der Waals surface area contributed by atoms with Gasteiger partial charge in [0.25, 0.3) is 0 Å². The molecular weight excluding hydrogens is 314 g/mol. The molecule has 1 aromatic carbocycles. The van der Waals surface area contributed by atoms with E-state index in [1.165, 1.54) is 0 Å². The fourth-order valence-electron chi connectivity index (χ4n) is 3.70. The van der Waals surface area contributed by atoms with Gasteiger partial charge in [0.15, 0.2) is 0 Å². The molecule has 0 saturated carbocycles. The molecule has 1 aliphatic rings. The van der Waals surface area contributed by atoms with Crippen LogP contribution in [0.2, 0.25) is 0 Å². The number of nitrogens with zero attached hydrogens (tertiary/aromatic N) is 2. The zero-order valence-corrected chi connectivity index (χ0v) is 14.8. The first-order valence-corrected chi connectivity index (χ1v) is 8.61. The lowest BCUT2D eigenvalue weighted by Crippen LogP contribution is -2.45. The molecule has 25 heavy (non-hydrogen) atoms. The molecule has 4 rings (SSSR count). The van der Waals surface area contributed by atoms with Crippen molar-refractivity contribution in [3.8, 4) is 5.75 Å². The van der Waals surface area contributed by atoms with Crippen molar-refractivity contribution >= 4 is 5.65 Å². The Morgan fingerprint density at radius 2 is 2.08 bits per heavy atom. The topological polar surface area (TPSA) is 58.8 Å². The molecule has 0 spiro atoms. The van der Waals surface area contributed by atoms with Crippen LogP contribution in [0.3, 0.4) is 0 Å².